The van der Waals surface area contributed by atoms with E-state index in [1.54, 1.807) is 11.3 Å². The number of rotatable bonds is 11. The van der Waals surface area contributed by atoms with Crippen LogP contribution in [0.25, 0.3) is 11.5 Å². The Morgan fingerprint density at radius 3 is 2.15 bits per heavy atom. The first-order valence-corrected chi connectivity index (χ1v) is 13.2. The molecular formula is C20H28O2S4. The summed E-state index contributed by atoms with van der Waals surface area (Å²) in [4.78, 5) is 3.67. The third-order valence-corrected chi connectivity index (χ3v) is 8.61. The van der Waals surface area contributed by atoms with Crippen molar-refractivity contribution in [3.8, 4) is 0 Å². The standard InChI is InChI=1S/C20H28O2S4/c1-6-14(23-4)20(24-5)17-12-11-16(26-17)19(22-8-3)18(21-7-2)15-10-9-13-25-15/h9-14,20H,6-8H2,1-5H3. The minimum Gasteiger partial charge on any atom is -0.488 e. The molecule has 0 spiro atoms. The lowest BCUT2D eigenvalue weighted by molar-refractivity contribution is 0.262. The molecule has 6 heteroatoms. The zero-order valence-electron chi connectivity index (χ0n) is 16.1. The number of hydrogen-bond acceptors (Lipinski definition) is 6. The van der Waals surface area contributed by atoms with Gasteiger partial charge in [-0.05, 0) is 56.4 Å². The van der Waals surface area contributed by atoms with Crippen LogP contribution in [0.3, 0.4) is 0 Å². The van der Waals surface area contributed by atoms with E-state index in [0.717, 1.165) is 21.3 Å². The van der Waals surface area contributed by atoms with Crippen LogP contribution < -0.4 is 0 Å². The van der Waals surface area contributed by atoms with Crippen LogP contribution in [0, 0.1) is 0 Å². The topological polar surface area (TPSA) is 18.5 Å². The second-order valence-electron chi connectivity index (χ2n) is 5.54. The SMILES string of the molecule is CCOC(=C(OCC)c1ccc(C(SC)C(CC)SC)s1)c1cccs1. The Balaban J connectivity index is 2.45. The normalized spacial score (nSPS) is 14.7. The highest BCUT2D eigenvalue weighted by Gasteiger charge is 2.24. The lowest BCUT2D eigenvalue weighted by Gasteiger charge is -2.21. The molecular weight excluding hydrogens is 400 g/mol. The molecule has 0 amide bonds. The molecule has 0 N–H and O–H groups in total. The molecule has 0 aliphatic carbocycles. The second kappa shape index (κ2) is 11.3. The molecule has 2 unspecified atom stereocenters. The molecule has 0 fully saturated rings. The first-order chi connectivity index (χ1) is 12.7. The van der Waals surface area contributed by atoms with E-state index in [1.807, 2.05) is 48.7 Å². The average Bonchev–Trinajstić information content (AvgIpc) is 3.34. The Kier molecular flexibility index (Phi) is 9.46. The summed E-state index contributed by atoms with van der Waals surface area (Å²) >= 11 is 7.41. The minimum atomic E-state index is 0.508. The van der Waals surface area contributed by atoms with E-state index < -0.39 is 0 Å². The summed E-state index contributed by atoms with van der Waals surface area (Å²) in [5.74, 6) is 1.72. The van der Waals surface area contributed by atoms with Gasteiger partial charge >= 0.3 is 0 Å². The van der Waals surface area contributed by atoms with Crippen LogP contribution in [-0.2, 0) is 9.47 Å². The number of ether oxygens (including phenoxy) is 2. The van der Waals surface area contributed by atoms with Crippen molar-refractivity contribution in [2.45, 2.75) is 37.7 Å². The minimum absolute atomic E-state index is 0.508. The molecule has 2 nitrogen and oxygen atoms in total. The Labute approximate surface area is 174 Å². The van der Waals surface area contributed by atoms with Gasteiger partial charge in [-0.2, -0.15) is 23.5 Å². The van der Waals surface area contributed by atoms with Crippen molar-refractivity contribution in [2.75, 3.05) is 25.7 Å². The van der Waals surface area contributed by atoms with Gasteiger partial charge in [0.15, 0.2) is 11.5 Å². The Bertz CT molecular complexity index is 672. The molecule has 0 saturated heterocycles. The predicted octanol–water partition coefficient (Wildman–Crippen LogP) is 7.25. The number of hydrogen-bond donors (Lipinski definition) is 0. The van der Waals surface area contributed by atoms with Gasteiger partial charge in [0.05, 0.1) is 28.2 Å². The van der Waals surface area contributed by atoms with Gasteiger partial charge < -0.3 is 9.47 Å². The highest BCUT2D eigenvalue weighted by atomic mass is 32.2. The lowest BCUT2D eigenvalue weighted by atomic mass is 10.2. The van der Waals surface area contributed by atoms with Crippen LogP contribution >= 0.6 is 46.2 Å². The highest BCUT2D eigenvalue weighted by Crippen LogP contribution is 2.43. The van der Waals surface area contributed by atoms with Gasteiger partial charge in [0.25, 0.3) is 0 Å². The van der Waals surface area contributed by atoms with E-state index in [9.17, 15) is 0 Å². The van der Waals surface area contributed by atoms with Crippen molar-refractivity contribution in [2.24, 2.45) is 0 Å². The zero-order valence-corrected chi connectivity index (χ0v) is 19.4. The van der Waals surface area contributed by atoms with Crippen molar-refractivity contribution >= 4 is 57.7 Å². The smallest absolute Gasteiger partial charge is 0.179 e. The first kappa shape index (κ1) is 21.7. The molecule has 2 atom stereocenters. The summed E-state index contributed by atoms with van der Waals surface area (Å²) in [5, 5.41) is 3.21. The Hall–Kier alpha value is -0.560. The third-order valence-electron chi connectivity index (χ3n) is 3.96. The Morgan fingerprint density at radius 2 is 1.65 bits per heavy atom. The fourth-order valence-corrected chi connectivity index (χ4v) is 7.27. The van der Waals surface area contributed by atoms with Gasteiger partial charge in [-0.25, -0.2) is 0 Å². The molecule has 26 heavy (non-hydrogen) atoms. The number of thioether (sulfide) groups is 2. The zero-order chi connectivity index (χ0) is 18.9. The van der Waals surface area contributed by atoms with Gasteiger partial charge in [-0.15, -0.1) is 22.7 Å². The lowest BCUT2D eigenvalue weighted by Crippen LogP contribution is -2.09. The van der Waals surface area contributed by atoms with E-state index in [0.29, 0.717) is 23.7 Å². The van der Waals surface area contributed by atoms with Crippen molar-refractivity contribution in [3.05, 3.63) is 44.3 Å². The maximum Gasteiger partial charge on any atom is 0.179 e. The molecule has 0 aliphatic heterocycles. The van der Waals surface area contributed by atoms with Crippen molar-refractivity contribution in [1.29, 1.82) is 0 Å². The average molecular weight is 429 g/mol. The van der Waals surface area contributed by atoms with Crippen LogP contribution in [0.2, 0.25) is 0 Å². The second-order valence-corrected chi connectivity index (χ2v) is 9.66. The first-order valence-electron chi connectivity index (χ1n) is 8.89. The van der Waals surface area contributed by atoms with Crippen LogP contribution in [0.1, 0.15) is 47.1 Å². The van der Waals surface area contributed by atoms with Crippen LogP contribution in [0.15, 0.2) is 29.6 Å². The Morgan fingerprint density at radius 1 is 0.962 bits per heavy atom. The molecule has 0 radical (unpaired) electrons. The van der Waals surface area contributed by atoms with E-state index in [4.69, 9.17) is 9.47 Å². The third kappa shape index (κ3) is 5.24. The van der Waals surface area contributed by atoms with E-state index >= 15 is 0 Å². The van der Waals surface area contributed by atoms with Crippen molar-refractivity contribution in [3.63, 3.8) is 0 Å². The summed E-state index contributed by atoms with van der Waals surface area (Å²) in [6.45, 7) is 7.57. The summed E-state index contributed by atoms with van der Waals surface area (Å²) in [6, 6.07) is 8.59. The van der Waals surface area contributed by atoms with Gasteiger partial charge in [-0.3, -0.25) is 0 Å². The fourth-order valence-electron chi connectivity index (χ4n) is 2.78. The number of thiophene rings is 2. The summed E-state index contributed by atoms with van der Waals surface area (Å²) in [5.41, 5.74) is 0. The predicted molar refractivity (Wildman–Crippen MR) is 123 cm³/mol. The molecule has 0 saturated carbocycles. The molecule has 0 bridgehead atoms. The van der Waals surface area contributed by atoms with Gasteiger partial charge in [0, 0.05) is 10.1 Å². The van der Waals surface area contributed by atoms with E-state index in [2.05, 4.69) is 49.1 Å². The monoisotopic (exact) mass is 428 g/mol. The molecule has 2 rings (SSSR count). The van der Waals surface area contributed by atoms with Crippen molar-refractivity contribution in [1.82, 2.24) is 0 Å². The molecule has 0 aliphatic rings. The van der Waals surface area contributed by atoms with Crippen LogP contribution in [0.4, 0.5) is 0 Å². The van der Waals surface area contributed by atoms with Crippen LogP contribution in [-0.4, -0.2) is 31.0 Å². The van der Waals surface area contributed by atoms with E-state index in [-0.39, 0.29) is 0 Å². The maximum atomic E-state index is 6.07. The summed E-state index contributed by atoms with van der Waals surface area (Å²) in [6.07, 6.45) is 5.59. The molecule has 0 aromatic carbocycles. The maximum absolute atomic E-state index is 6.07. The molecule has 2 aromatic rings. The summed E-state index contributed by atoms with van der Waals surface area (Å²) < 4.78 is 12.1. The molecule has 2 aromatic heterocycles. The van der Waals surface area contributed by atoms with Crippen molar-refractivity contribution < 1.29 is 9.47 Å². The molecule has 2 heterocycles. The van der Waals surface area contributed by atoms with E-state index in [1.165, 1.54) is 11.3 Å². The molecule has 144 valence electrons. The fraction of sp³-hybridized carbons (Fsp3) is 0.500. The van der Waals surface area contributed by atoms with Gasteiger partial charge in [0.1, 0.15) is 0 Å². The van der Waals surface area contributed by atoms with Crippen LogP contribution in [0.5, 0.6) is 0 Å². The van der Waals surface area contributed by atoms with Gasteiger partial charge in [0.2, 0.25) is 0 Å². The largest absolute Gasteiger partial charge is 0.488 e. The van der Waals surface area contributed by atoms with Gasteiger partial charge in [-0.1, -0.05) is 13.0 Å². The summed E-state index contributed by atoms with van der Waals surface area (Å²) in [7, 11) is 0. The highest BCUT2D eigenvalue weighted by molar-refractivity contribution is 8.02. The quantitative estimate of drug-likeness (QED) is 0.351.